The Morgan fingerprint density at radius 2 is 1.88 bits per heavy atom. The molecule has 11 heteroatoms. The van der Waals surface area contributed by atoms with Crippen LogP contribution in [0.25, 0.3) is 0 Å². The zero-order chi connectivity index (χ0) is 24.3. The van der Waals surface area contributed by atoms with E-state index in [-0.39, 0.29) is 23.5 Å². The van der Waals surface area contributed by atoms with E-state index < -0.39 is 11.9 Å². The SMILES string of the molecule is Cc1cc(C(F)(F)F)nn1CC(=O)N1CCC(c2nc(C(=O)SCc3ccccc3)cs2)CC1. The Balaban J connectivity index is 1.28. The van der Waals surface area contributed by atoms with Crippen LogP contribution >= 0.6 is 23.1 Å². The largest absolute Gasteiger partial charge is 0.435 e. The van der Waals surface area contributed by atoms with Gasteiger partial charge in [0.05, 0.1) is 5.01 Å². The molecule has 1 aromatic carbocycles. The zero-order valence-corrected chi connectivity index (χ0v) is 20.1. The Hall–Kier alpha value is -2.66. The maximum absolute atomic E-state index is 12.9. The van der Waals surface area contributed by atoms with Crippen LogP contribution in [0.5, 0.6) is 0 Å². The third-order valence-electron chi connectivity index (χ3n) is 5.70. The van der Waals surface area contributed by atoms with E-state index in [2.05, 4.69) is 10.1 Å². The Bertz CT molecular complexity index is 1150. The number of thiazole rings is 1. The Kier molecular flexibility index (Phi) is 7.42. The summed E-state index contributed by atoms with van der Waals surface area (Å²) in [7, 11) is 0. The average molecular weight is 509 g/mol. The Morgan fingerprint density at radius 1 is 1.18 bits per heavy atom. The predicted octanol–water partition coefficient (Wildman–Crippen LogP) is 5.15. The van der Waals surface area contributed by atoms with Gasteiger partial charge >= 0.3 is 6.18 Å². The number of benzene rings is 1. The van der Waals surface area contributed by atoms with E-state index in [1.54, 1.807) is 10.3 Å². The molecular formula is C23H23F3N4O2S2. The summed E-state index contributed by atoms with van der Waals surface area (Å²) in [4.78, 5) is 31.3. The van der Waals surface area contributed by atoms with Gasteiger partial charge in [-0.15, -0.1) is 11.3 Å². The number of amides is 1. The minimum Gasteiger partial charge on any atom is -0.341 e. The second kappa shape index (κ2) is 10.3. The fourth-order valence-electron chi connectivity index (χ4n) is 3.78. The van der Waals surface area contributed by atoms with Gasteiger partial charge in [0.25, 0.3) is 0 Å². The van der Waals surface area contributed by atoms with Crippen molar-refractivity contribution >= 4 is 34.1 Å². The number of aryl methyl sites for hydroxylation is 1. The number of aromatic nitrogens is 3. The lowest BCUT2D eigenvalue weighted by Gasteiger charge is -2.31. The molecule has 1 aliphatic rings. The number of alkyl halides is 3. The van der Waals surface area contributed by atoms with Crippen molar-refractivity contribution in [3.8, 4) is 0 Å². The summed E-state index contributed by atoms with van der Waals surface area (Å²) in [5.41, 5.74) is 0.829. The number of hydrogen-bond acceptors (Lipinski definition) is 6. The smallest absolute Gasteiger partial charge is 0.341 e. The highest BCUT2D eigenvalue weighted by Gasteiger charge is 2.35. The molecule has 3 aromatic rings. The summed E-state index contributed by atoms with van der Waals surface area (Å²) in [6.07, 6.45) is -3.16. The Labute approximate surface area is 203 Å². The molecule has 1 amide bonds. The van der Waals surface area contributed by atoms with Crippen molar-refractivity contribution in [1.29, 1.82) is 0 Å². The van der Waals surface area contributed by atoms with Gasteiger partial charge in [-0.1, -0.05) is 42.1 Å². The highest BCUT2D eigenvalue weighted by atomic mass is 32.2. The van der Waals surface area contributed by atoms with Crippen LogP contribution in [0.3, 0.4) is 0 Å². The van der Waals surface area contributed by atoms with Crippen LogP contribution in [-0.4, -0.2) is 43.8 Å². The maximum Gasteiger partial charge on any atom is 0.435 e. The molecule has 0 atom stereocenters. The van der Waals surface area contributed by atoms with Gasteiger partial charge in [0.1, 0.15) is 12.2 Å². The second-order valence-corrected chi connectivity index (χ2v) is 9.95. The summed E-state index contributed by atoms with van der Waals surface area (Å²) < 4.78 is 39.7. The highest BCUT2D eigenvalue weighted by Crippen LogP contribution is 2.32. The number of nitrogens with zero attached hydrogens (tertiary/aromatic N) is 4. The molecule has 6 nitrogen and oxygen atoms in total. The monoisotopic (exact) mass is 508 g/mol. The first-order valence-corrected chi connectivity index (χ1v) is 12.6. The van der Waals surface area contributed by atoms with Crippen LogP contribution in [0, 0.1) is 6.92 Å². The van der Waals surface area contributed by atoms with E-state index in [9.17, 15) is 22.8 Å². The predicted molar refractivity (Wildman–Crippen MR) is 125 cm³/mol. The minimum absolute atomic E-state index is 0.0632. The minimum atomic E-state index is -4.54. The molecule has 180 valence electrons. The van der Waals surface area contributed by atoms with E-state index >= 15 is 0 Å². The van der Waals surface area contributed by atoms with Gasteiger partial charge in [-0.25, -0.2) is 4.98 Å². The molecule has 2 aromatic heterocycles. The number of carbonyl (C=O) groups is 2. The molecule has 0 aliphatic carbocycles. The van der Waals surface area contributed by atoms with Crippen LogP contribution in [0.4, 0.5) is 13.2 Å². The van der Waals surface area contributed by atoms with Crippen LogP contribution in [0.15, 0.2) is 41.8 Å². The number of thioether (sulfide) groups is 1. The molecule has 0 N–H and O–H groups in total. The number of likely N-dealkylation sites (tertiary alicyclic amines) is 1. The number of carbonyl (C=O) groups excluding carboxylic acids is 2. The van der Waals surface area contributed by atoms with Gasteiger partial charge in [-0.05, 0) is 31.4 Å². The van der Waals surface area contributed by atoms with Crippen molar-refractivity contribution in [2.24, 2.45) is 0 Å². The lowest BCUT2D eigenvalue weighted by atomic mass is 9.97. The quantitative estimate of drug-likeness (QED) is 0.461. The van der Waals surface area contributed by atoms with Crippen LogP contribution in [0.2, 0.25) is 0 Å². The van der Waals surface area contributed by atoms with Gasteiger partial charge in [0.15, 0.2) is 5.69 Å². The van der Waals surface area contributed by atoms with Crippen molar-refractivity contribution in [2.75, 3.05) is 13.1 Å². The van der Waals surface area contributed by atoms with Crippen molar-refractivity contribution < 1.29 is 22.8 Å². The molecular weight excluding hydrogens is 485 g/mol. The summed E-state index contributed by atoms with van der Waals surface area (Å²) in [5.74, 6) is 0.483. The van der Waals surface area contributed by atoms with Gasteiger partial charge in [0, 0.05) is 35.8 Å². The first-order valence-electron chi connectivity index (χ1n) is 10.8. The van der Waals surface area contributed by atoms with Gasteiger partial charge in [-0.2, -0.15) is 18.3 Å². The number of rotatable bonds is 6. The van der Waals surface area contributed by atoms with Gasteiger partial charge in [0.2, 0.25) is 11.0 Å². The number of halogens is 3. The zero-order valence-electron chi connectivity index (χ0n) is 18.4. The molecule has 1 aliphatic heterocycles. The summed E-state index contributed by atoms with van der Waals surface area (Å²) in [6, 6.07) is 10.7. The van der Waals surface area contributed by atoms with Crippen LogP contribution < -0.4 is 0 Å². The van der Waals surface area contributed by atoms with E-state index in [1.165, 1.54) is 30.0 Å². The fourth-order valence-corrected chi connectivity index (χ4v) is 5.57. The molecule has 1 fully saturated rings. The van der Waals surface area contributed by atoms with E-state index in [0.29, 0.717) is 43.1 Å². The molecule has 0 radical (unpaired) electrons. The molecule has 3 heterocycles. The van der Waals surface area contributed by atoms with E-state index in [0.717, 1.165) is 21.3 Å². The molecule has 0 spiro atoms. The van der Waals surface area contributed by atoms with Crippen LogP contribution in [0.1, 0.15) is 51.2 Å². The summed E-state index contributed by atoms with van der Waals surface area (Å²) in [6.45, 7) is 2.26. The van der Waals surface area contributed by atoms with Gasteiger partial charge < -0.3 is 4.90 Å². The third-order valence-corrected chi connectivity index (χ3v) is 7.65. The lowest BCUT2D eigenvalue weighted by molar-refractivity contribution is -0.142. The molecule has 1 saturated heterocycles. The van der Waals surface area contributed by atoms with E-state index in [4.69, 9.17) is 0 Å². The van der Waals surface area contributed by atoms with Crippen molar-refractivity contribution in [1.82, 2.24) is 19.7 Å². The first-order chi connectivity index (χ1) is 16.2. The maximum atomic E-state index is 12.9. The summed E-state index contributed by atoms with van der Waals surface area (Å²) >= 11 is 2.68. The highest BCUT2D eigenvalue weighted by molar-refractivity contribution is 8.13. The van der Waals surface area contributed by atoms with Crippen molar-refractivity contribution in [3.05, 3.63) is 69.4 Å². The molecule has 4 rings (SSSR count). The van der Waals surface area contributed by atoms with E-state index in [1.807, 2.05) is 30.3 Å². The fraction of sp³-hybridized carbons (Fsp3) is 0.391. The number of piperidine rings is 1. The number of hydrogen-bond donors (Lipinski definition) is 0. The van der Waals surface area contributed by atoms with Gasteiger partial charge in [-0.3, -0.25) is 14.3 Å². The lowest BCUT2D eigenvalue weighted by Crippen LogP contribution is -2.40. The summed E-state index contributed by atoms with van der Waals surface area (Å²) in [5, 5.41) is 6.14. The normalized spacial score (nSPS) is 15.0. The molecule has 0 unspecified atom stereocenters. The topological polar surface area (TPSA) is 68.1 Å². The third kappa shape index (κ3) is 5.87. The molecule has 0 bridgehead atoms. The second-order valence-electron chi connectivity index (χ2n) is 8.11. The Morgan fingerprint density at radius 3 is 2.53 bits per heavy atom. The molecule has 34 heavy (non-hydrogen) atoms. The van der Waals surface area contributed by atoms with Crippen molar-refractivity contribution in [2.45, 2.75) is 44.2 Å². The van der Waals surface area contributed by atoms with Crippen molar-refractivity contribution in [3.63, 3.8) is 0 Å². The first kappa shape index (κ1) is 24.5. The molecule has 0 saturated carbocycles. The average Bonchev–Trinajstić information content (AvgIpc) is 3.46. The van der Waals surface area contributed by atoms with Crippen LogP contribution in [-0.2, 0) is 23.3 Å². The standard InChI is InChI=1S/C23H23F3N4O2S2/c1-15-11-19(23(24,25)26)28-30(15)12-20(31)29-9-7-17(8-10-29)21-27-18(14-33-21)22(32)34-13-16-5-3-2-4-6-16/h2-6,11,14,17H,7-10,12-13H2,1H3.